The number of hydrogen-bond acceptors (Lipinski definition) is 4. The second-order valence-electron chi connectivity index (χ2n) is 6.97. The smallest absolute Gasteiger partial charge is 0.323 e. The molecule has 8 heteroatoms. The van der Waals surface area contributed by atoms with E-state index in [1.807, 2.05) is 44.2 Å². The van der Waals surface area contributed by atoms with Crippen LogP contribution in [0.5, 0.6) is 0 Å². The molecule has 142 valence electrons. The molecule has 0 spiro atoms. The Balaban J connectivity index is 1.53. The minimum Gasteiger partial charge on any atom is -0.369 e. The van der Waals surface area contributed by atoms with E-state index in [4.69, 9.17) is 0 Å². The third-order valence-corrected chi connectivity index (χ3v) is 7.11. The lowest BCUT2D eigenvalue weighted by Crippen LogP contribution is -2.48. The molecule has 0 radical (unpaired) electrons. The minimum absolute atomic E-state index is 0.230. The Bertz CT molecular complexity index is 1160. The maximum absolute atomic E-state index is 13.0. The van der Waals surface area contributed by atoms with E-state index in [0.29, 0.717) is 31.1 Å². The Morgan fingerprint density at radius 2 is 1.59 bits per heavy atom. The highest BCUT2D eigenvalue weighted by Crippen LogP contribution is 2.25. The van der Waals surface area contributed by atoms with Crippen molar-refractivity contribution >= 4 is 26.7 Å². The van der Waals surface area contributed by atoms with Crippen molar-refractivity contribution in [1.82, 2.24) is 14.3 Å². The fourth-order valence-electron chi connectivity index (χ4n) is 3.63. The van der Waals surface area contributed by atoms with E-state index in [2.05, 4.69) is 14.9 Å². The molecule has 1 fully saturated rings. The quantitative estimate of drug-likeness (QED) is 0.720. The van der Waals surface area contributed by atoms with Crippen LogP contribution in [0.3, 0.4) is 0 Å². The maximum atomic E-state index is 13.0. The van der Waals surface area contributed by atoms with E-state index in [1.165, 1.54) is 0 Å². The zero-order valence-electron chi connectivity index (χ0n) is 15.3. The van der Waals surface area contributed by atoms with Crippen LogP contribution in [0, 0.1) is 13.8 Å². The molecule has 0 bridgehead atoms. The molecule has 0 saturated carbocycles. The molecule has 3 aromatic rings. The summed E-state index contributed by atoms with van der Waals surface area (Å²) in [4.78, 5) is 19.4. The number of aromatic nitrogens is 2. The third kappa shape index (κ3) is 3.26. The molecule has 1 saturated heterocycles. The molecule has 0 aliphatic carbocycles. The summed E-state index contributed by atoms with van der Waals surface area (Å²) in [6.07, 6.45) is 0. The SMILES string of the molecule is Cc1ccc(S(=O)(=O)N2CCN(c3ccc4[nH]c(=O)[nH]c4c3)CC2)c(C)c1. The van der Waals surface area contributed by atoms with Gasteiger partial charge in [0.2, 0.25) is 10.0 Å². The molecule has 2 aromatic carbocycles. The number of anilines is 1. The molecule has 1 aliphatic heterocycles. The highest BCUT2D eigenvalue weighted by Gasteiger charge is 2.29. The number of fused-ring (bicyclic) bond motifs is 1. The van der Waals surface area contributed by atoms with Crippen LogP contribution in [0.25, 0.3) is 11.0 Å². The van der Waals surface area contributed by atoms with Crippen molar-refractivity contribution in [2.75, 3.05) is 31.1 Å². The summed E-state index contributed by atoms with van der Waals surface area (Å²) in [6, 6.07) is 11.2. The largest absolute Gasteiger partial charge is 0.369 e. The number of benzene rings is 2. The maximum Gasteiger partial charge on any atom is 0.323 e. The predicted octanol–water partition coefficient (Wildman–Crippen LogP) is 1.98. The van der Waals surface area contributed by atoms with Gasteiger partial charge in [0.15, 0.2) is 0 Å². The van der Waals surface area contributed by atoms with Gasteiger partial charge in [0, 0.05) is 31.9 Å². The molecule has 0 atom stereocenters. The van der Waals surface area contributed by atoms with E-state index in [-0.39, 0.29) is 5.69 Å². The normalized spacial score (nSPS) is 16.1. The number of aryl methyl sites for hydroxylation is 2. The van der Waals surface area contributed by atoms with Crippen molar-refractivity contribution in [3.05, 3.63) is 58.0 Å². The lowest BCUT2D eigenvalue weighted by molar-refractivity contribution is 0.384. The Hall–Kier alpha value is -2.58. The molecule has 0 amide bonds. The van der Waals surface area contributed by atoms with Crippen LogP contribution in [0.15, 0.2) is 46.1 Å². The van der Waals surface area contributed by atoms with Crippen LogP contribution in [-0.2, 0) is 10.0 Å². The van der Waals surface area contributed by atoms with E-state index in [0.717, 1.165) is 27.8 Å². The van der Waals surface area contributed by atoms with Crippen LogP contribution in [0.2, 0.25) is 0 Å². The van der Waals surface area contributed by atoms with Crippen LogP contribution in [-0.4, -0.2) is 48.9 Å². The van der Waals surface area contributed by atoms with E-state index in [1.54, 1.807) is 10.4 Å². The van der Waals surface area contributed by atoms with Crippen molar-refractivity contribution in [2.45, 2.75) is 18.7 Å². The lowest BCUT2D eigenvalue weighted by Gasteiger charge is -2.35. The molecule has 2 N–H and O–H groups in total. The van der Waals surface area contributed by atoms with Gasteiger partial charge in [-0.2, -0.15) is 4.31 Å². The van der Waals surface area contributed by atoms with Gasteiger partial charge in [-0.05, 0) is 43.7 Å². The van der Waals surface area contributed by atoms with E-state index >= 15 is 0 Å². The monoisotopic (exact) mass is 386 g/mol. The van der Waals surface area contributed by atoms with Crippen LogP contribution in [0.1, 0.15) is 11.1 Å². The van der Waals surface area contributed by atoms with Crippen molar-refractivity contribution in [2.24, 2.45) is 0 Å². The second kappa shape index (κ2) is 6.54. The number of nitrogens with zero attached hydrogens (tertiary/aromatic N) is 2. The van der Waals surface area contributed by atoms with Crippen molar-refractivity contribution < 1.29 is 8.42 Å². The van der Waals surface area contributed by atoms with Crippen LogP contribution in [0.4, 0.5) is 5.69 Å². The topological polar surface area (TPSA) is 89.3 Å². The van der Waals surface area contributed by atoms with Crippen molar-refractivity contribution in [3.8, 4) is 0 Å². The van der Waals surface area contributed by atoms with Gasteiger partial charge in [-0.25, -0.2) is 13.2 Å². The number of imidazole rings is 1. The van der Waals surface area contributed by atoms with Gasteiger partial charge >= 0.3 is 5.69 Å². The van der Waals surface area contributed by atoms with Crippen LogP contribution >= 0.6 is 0 Å². The fourth-order valence-corrected chi connectivity index (χ4v) is 5.26. The summed E-state index contributed by atoms with van der Waals surface area (Å²) in [7, 11) is -3.49. The Morgan fingerprint density at radius 3 is 2.30 bits per heavy atom. The Morgan fingerprint density at radius 1 is 0.889 bits per heavy atom. The summed E-state index contributed by atoms with van der Waals surface area (Å²) < 4.78 is 27.6. The van der Waals surface area contributed by atoms with E-state index in [9.17, 15) is 13.2 Å². The summed E-state index contributed by atoms with van der Waals surface area (Å²) in [5.74, 6) is 0. The van der Waals surface area contributed by atoms with Gasteiger partial charge in [0.1, 0.15) is 0 Å². The van der Waals surface area contributed by atoms with E-state index < -0.39 is 10.0 Å². The first-order chi connectivity index (χ1) is 12.8. The number of sulfonamides is 1. The van der Waals surface area contributed by atoms with Crippen LogP contribution < -0.4 is 10.6 Å². The zero-order chi connectivity index (χ0) is 19.2. The lowest BCUT2D eigenvalue weighted by atomic mass is 10.2. The summed E-state index contributed by atoms with van der Waals surface area (Å²) >= 11 is 0. The molecule has 7 nitrogen and oxygen atoms in total. The third-order valence-electron chi connectivity index (χ3n) is 5.05. The highest BCUT2D eigenvalue weighted by atomic mass is 32.2. The van der Waals surface area contributed by atoms with Gasteiger partial charge in [-0.15, -0.1) is 0 Å². The number of aromatic amines is 2. The van der Waals surface area contributed by atoms with Gasteiger partial charge in [0.25, 0.3) is 0 Å². The first-order valence-electron chi connectivity index (χ1n) is 8.89. The average molecular weight is 386 g/mol. The molecule has 4 rings (SSSR count). The summed E-state index contributed by atoms with van der Waals surface area (Å²) in [5.41, 5.74) is 4.09. The standard InChI is InChI=1S/C19H22N4O3S/c1-13-3-6-18(14(2)11-13)27(25,26)23-9-7-22(8-10-23)15-4-5-16-17(12-15)21-19(24)20-16/h3-6,11-12H,7-10H2,1-2H3,(H2,20,21,24). The highest BCUT2D eigenvalue weighted by molar-refractivity contribution is 7.89. The molecular weight excluding hydrogens is 364 g/mol. The summed E-state index contributed by atoms with van der Waals surface area (Å²) in [6.45, 7) is 5.85. The minimum atomic E-state index is -3.49. The average Bonchev–Trinajstić information content (AvgIpc) is 3.00. The van der Waals surface area contributed by atoms with Gasteiger partial charge < -0.3 is 14.9 Å². The van der Waals surface area contributed by atoms with Gasteiger partial charge in [-0.3, -0.25) is 0 Å². The van der Waals surface area contributed by atoms with Gasteiger partial charge in [0.05, 0.1) is 15.9 Å². The molecule has 1 aromatic heterocycles. The molecule has 1 aliphatic rings. The van der Waals surface area contributed by atoms with Crippen molar-refractivity contribution in [3.63, 3.8) is 0 Å². The number of piperazine rings is 1. The first-order valence-corrected chi connectivity index (χ1v) is 10.3. The number of nitrogens with one attached hydrogen (secondary N) is 2. The summed E-state index contributed by atoms with van der Waals surface area (Å²) in [5, 5.41) is 0. The molecule has 2 heterocycles. The van der Waals surface area contributed by atoms with Gasteiger partial charge in [-0.1, -0.05) is 17.7 Å². The van der Waals surface area contributed by atoms with Crippen molar-refractivity contribution in [1.29, 1.82) is 0 Å². The second-order valence-corrected chi connectivity index (χ2v) is 8.88. The Labute approximate surface area is 157 Å². The number of rotatable bonds is 3. The molecular formula is C19H22N4O3S. The zero-order valence-corrected chi connectivity index (χ0v) is 16.1. The number of H-pyrrole nitrogens is 2. The molecule has 27 heavy (non-hydrogen) atoms. The molecule has 0 unspecified atom stereocenters. The number of hydrogen-bond donors (Lipinski definition) is 2. The Kier molecular flexibility index (Phi) is 4.32. The predicted molar refractivity (Wildman–Crippen MR) is 106 cm³/mol. The first kappa shape index (κ1) is 17.8. The fraction of sp³-hybridized carbons (Fsp3) is 0.316.